The normalized spacial score (nSPS) is 14.0. The van der Waals surface area contributed by atoms with Crippen LogP contribution in [0.25, 0.3) is 10.9 Å². The number of carbonyl (C=O) groups excluding carboxylic acids is 2. The van der Waals surface area contributed by atoms with Crippen LogP contribution in [-0.4, -0.2) is 40.7 Å². The van der Waals surface area contributed by atoms with E-state index in [1.54, 1.807) is 6.92 Å². The molecule has 1 heterocycles. The van der Waals surface area contributed by atoms with E-state index < -0.39 is 35.6 Å². The third kappa shape index (κ3) is 4.88. The number of amides is 1. The monoisotopic (exact) mass is 475 g/mol. The van der Waals surface area contributed by atoms with Crippen LogP contribution in [0.5, 0.6) is 11.6 Å². The Bertz CT molecular complexity index is 1280. The van der Waals surface area contributed by atoms with Crippen LogP contribution < -0.4 is 19.9 Å². The molecule has 1 N–H and O–H groups in total. The lowest BCUT2D eigenvalue weighted by Gasteiger charge is -2.30. The van der Waals surface area contributed by atoms with E-state index in [1.807, 2.05) is 6.07 Å². The van der Waals surface area contributed by atoms with Crippen molar-refractivity contribution in [3.63, 3.8) is 0 Å². The van der Waals surface area contributed by atoms with Crippen molar-refractivity contribution < 1.29 is 37.3 Å². The summed E-state index contributed by atoms with van der Waals surface area (Å²) in [5, 5.41) is 28.4. The summed E-state index contributed by atoms with van der Waals surface area (Å²) in [4.78, 5) is 23.9. The summed E-state index contributed by atoms with van der Waals surface area (Å²) in [5.41, 5.74) is -1.37. The fourth-order valence-corrected chi connectivity index (χ4v) is 3.26. The van der Waals surface area contributed by atoms with Crippen molar-refractivity contribution in [3.05, 3.63) is 53.6 Å². The molecule has 12 heteroatoms. The van der Waals surface area contributed by atoms with E-state index in [9.17, 15) is 33.1 Å². The van der Waals surface area contributed by atoms with E-state index in [4.69, 9.17) is 4.74 Å². The molecule has 9 nitrogen and oxygen atoms in total. The number of alkyl halides is 3. The van der Waals surface area contributed by atoms with Crippen LogP contribution in [0.3, 0.4) is 0 Å². The number of methoxy groups -OCH3 is 1. The van der Waals surface area contributed by atoms with Crippen molar-refractivity contribution in [3.8, 4) is 17.7 Å². The zero-order valence-corrected chi connectivity index (χ0v) is 18.1. The second-order valence-corrected chi connectivity index (χ2v) is 7.49. The van der Waals surface area contributed by atoms with Gasteiger partial charge in [0, 0.05) is 5.56 Å². The summed E-state index contributed by atoms with van der Waals surface area (Å²) in [6.07, 6.45) is -4.87. The molecule has 0 aliphatic carbocycles. The first-order valence-electron chi connectivity index (χ1n) is 9.75. The quantitative estimate of drug-likeness (QED) is 0.556. The predicted octanol–water partition coefficient (Wildman–Crippen LogP) is 2.58. The molecule has 1 amide bonds. The highest BCUT2D eigenvalue weighted by Crippen LogP contribution is 2.33. The van der Waals surface area contributed by atoms with Crippen LogP contribution in [0.4, 0.5) is 13.2 Å². The van der Waals surface area contributed by atoms with Gasteiger partial charge in [-0.2, -0.15) is 10.4 Å². The third-order valence-corrected chi connectivity index (χ3v) is 5.24. The Morgan fingerprint density at radius 3 is 2.32 bits per heavy atom. The van der Waals surface area contributed by atoms with Gasteiger partial charge in [0.25, 0.3) is 5.91 Å². The van der Waals surface area contributed by atoms with E-state index in [0.29, 0.717) is 5.39 Å². The Morgan fingerprint density at radius 2 is 1.79 bits per heavy atom. The molecule has 0 radical (unpaired) electrons. The van der Waals surface area contributed by atoms with Crippen LogP contribution in [-0.2, 0) is 0 Å². The molecule has 0 bridgehead atoms. The lowest BCUT2D eigenvalue weighted by atomic mass is 9.94. The van der Waals surface area contributed by atoms with Crippen LogP contribution in [0.15, 0.2) is 42.5 Å². The Morgan fingerprint density at radius 1 is 1.18 bits per heavy atom. The van der Waals surface area contributed by atoms with Gasteiger partial charge >= 0.3 is 6.36 Å². The number of carbonyl (C=O) groups is 2. The number of benzene rings is 2. The number of carboxylic acids is 1. The van der Waals surface area contributed by atoms with Gasteiger partial charge in [0.05, 0.1) is 36.1 Å². The zero-order valence-electron chi connectivity index (χ0n) is 18.1. The van der Waals surface area contributed by atoms with Crippen molar-refractivity contribution in [1.82, 2.24) is 15.1 Å². The number of aromatic carboxylic acids is 1. The highest BCUT2D eigenvalue weighted by atomic mass is 19.4. The molecule has 0 aliphatic heterocycles. The Labute approximate surface area is 191 Å². The van der Waals surface area contributed by atoms with Gasteiger partial charge in [0.1, 0.15) is 11.3 Å². The molecule has 3 rings (SSSR count). The summed E-state index contributed by atoms with van der Waals surface area (Å²) in [5.74, 6) is -2.37. The molecule has 0 aliphatic rings. The number of rotatable bonds is 7. The average Bonchev–Trinajstić information content (AvgIpc) is 3.15. The summed E-state index contributed by atoms with van der Waals surface area (Å²) >= 11 is 0. The average molecular weight is 475 g/mol. The number of hydrogen-bond acceptors (Lipinski definition) is 7. The van der Waals surface area contributed by atoms with Crippen molar-refractivity contribution in [2.45, 2.75) is 31.8 Å². The number of carboxylic acid groups (broad SMARTS) is 1. The highest BCUT2D eigenvalue weighted by Gasteiger charge is 2.37. The number of nitriles is 1. The highest BCUT2D eigenvalue weighted by molar-refractivity contribution is 5.95. The minimum Gasteiger partial charge on any atom is -0.545 e. The van der Waals surface area contributed by atoms with Crippen LogP contribution >= 0.6 is 0 Å². The number of fused-ring (bicyclic) bond motifs is 1. The molecular weight excluding hydrogens is 457 g/mol. The van der Waals surface area contributed by atoms with E-state index in [1.165, 1.54) is 36.9 Å². The molecule has 0 saturated carbocycles. The zero-order chi connectivity index (χ0) is 25.3. The van der Waals surface area contributed by atoms with Crippen molar-refractivity contribution in [1.29, 1.82) is 5.26 Å². The summed E-state index contributed by atoms with van der Waals surface area (Å²) in [6, 6.07) is 9.53. The number of halogens is 3. The maximum Gasteiger partial charge on any atom is 0.573 e. The fraction of sp³-hybridized carbons (Fsp3) is 0.273. The van der Waals surface area contributed by atoms with Gasteiger partial charge in [0.15, 0.2) is 0 Å². The van der Waals surface area contributed by atoms with Crippen molar-refractivity contribution >= 4 is 22.8 Å². The minimum absolute atomic E-state index is 0.000564. The Kier molecular flexibility index (Phi) is 6.40. The van der Waals surface area contributed by atoms with E-state index in [-0.39, 0.29) is 22.5 Å². The number of ether oxygens (including phenoxy) is 2. The first-order chi connectivity index (χ1) is 15.9. The molecule has 34 heavy (non-hydrogen) atoms. The van der Waals surface area contributed by atoms with Crippen LogP contribution in [0.1, 0.15) is 40.6 Å². The van der Waals surface area contributed by atoms with Gasteiger partial charge in [-0.15, -0.1) is 13.2 Å². The SMILES string of the molecule is COc1c2ccc(C(=O)[O-])cc2nn1C(C)C(C)(C#N)NC(=O)c1ccc(OC(F)(F)F)cc1. The topological polar surface area (TPSA) is 129 Å². The minimum atomic E-state index is -4.87. The number of aromatic nitrogens is 2. The van der Waals surface area contributed by atoms with Crippen molar-refractivity contribution in [2.75, 3.05) is 7.11 Å². The van der Waals surface area contributed by atoms with E-state index in [0.717, 1.165) is 24.3 Å². The van der Waals surface area contributed by atoms with Gasteiger partial charge in [-0.1, -0.05) is 6.07 Å². The first-order valence-corrected chi connectivity index (χ1v) is 9.75. The molecule has 0 saturated heterocycles. The molecule has 0 fully saturated rings. The maximum absolute atomic E-state index is 12.7. The second-order valence-electron chi connectivity index (χ2n) is 7.49. The van der Waals surface area contributed by atoms with Gasteiger partial charge in [-0.25, -0.2) is 4.68 Å². The molecule has 2 atom stereocenters. The Hall–Kier alpha value is -4.27. The van der Waals surface area contributed by atoms with Crippen LogP contribution in [0.2, 0.25) is 0 Å². The third-order valence-electron chi connectivity index (χ3n) is 5.24. The molecule has 178 valence electrons. The number of nitrogens with zero attached hydrogens (tertiary/aromatic N) is 3. The largest absolute Gasteiger partial charge is 0.573 e. The van der Waals surface area contributed by atoms with Gasteiger partial charge in [-0.05, 0) is 55.8 Å². The van der Waals surface area contributed by atoms with Crippen LogP contribution in [0, 0.1) is 11.3 Å². The Balaban J connectivity index is 1.90. The first kappa shape index (κ1) is 24.4. The van der Waals surface area contributed by atoms with E-state index >= 15 is 0 Å². The summed E-state index contributed by atoms with van der Waals surface area (Å²) in [7, 11) is 1.37. The van der Waals surface area contributed by atoms with Gasteiger partial charge < -0.3 is 24.7 Å². The fourth-order valence-electron chi connectivity index (χ4n) is 3.26. The van der Waals surface area contributed by atoms with Crippen molar-refractivity contribution in [2.24, 2.45) is 0 Å². The standard InChI is InChI=1S/C22H19F3N4O5/c1-12(29-19(33-3)16-9-6-14(20(31)32)10-17(16)28-29)21(2,11-26)27-18(30)13-4-7-15(8-5-13)34-22(23,24)25/h4-10,12H,1-3H3,(H,27,30)(H,31,32)/p-1. The molecule has 2 aromatic carbocycles. The van der Waals surface area contributed by atoms with Gasteiger partial charge in [0.2, 0.25) is 5.88 Å². The van der Waals surface area contributed by atoms with Gasteiger partial charge in [-0.3, -0.25) is 4.79 Å². The molecular formula is C22H18F3N4O5-. The smallest absolute Gasteiger partial charge is 0.545 e. The molecule has 0 spiro atoms. The lowest BCUT2D eigenvalue weighted by Crippen LogP contribution is -2.50. The lowest BCUT2D eigenvalue weighted by molar-refractivity contribution is -0.274. The summed E-state index contributed by atoms with van der Waals surface area (Å²) in [6.45, 7) is 3.03. The molecule has 3 aromatic rings. The summed E-state index contributed by atoms with van der Waals surface area (Å²) < 4.78 is 47.5. The molecule has 1 aromatic heterocycles. The second kappa shape index (κ2) is 8.93. The predicted molar refractivity (Wildman–Crippen MR) is 110 cm³/mol. The van der Waals surface area contributed by atoms with E-state index in [2.05, 4.69) is 15.2 Å². The number of hydrogen-bond donors (Lipinski definition) is 1. The maximum atomic E-state index is 12.7. The number of nitrogens with one attached hydrogen (secondary N) is 1. The molecule has 2 unspecified atom stereocenters.